The Kier molecular flexibility index (Phi) is 17.8. The lowest BCUT2D eigenvalue weighted by Crippen LogP contribution is -2.41. The van der Waals surface area contributed by atoms with Gasteiger partial charge in [-0.1, -0.05) is 53.5 Å². The minimum atomic E-state index is -1.11. The van der Waals surface area contributed by atoms with Gasteiger partial charge < -0.3 is 34.3 Å². The largest absolute Gasteiger partial charge is 0.489 e. The maximum Gasteiger partial charge on any atom is 0.325 e. The number of fused-ring (bicyclic) bond motifs is 1. The third kappa shape index (κ3) is 13.0. The van der Waals surface area contributed by atoms with E-state index >= 15 is 0 Å². The molecule has 4 N–H and O–H groups in total. The number of nitriles is 2. The molecule has 7 rings (SSSR count). The summed E-state index contributed by atoms with van der Waals surface area (Å²) >= 11 is 13.8. The van der Waals surface area contributed by atoms with Gasteiger partial charge in [0.2, 0.25) is 0 Å². The van der Waals surface area contributed by atoms with Crippen molar-refractivity contribution in [3.05, 3.63) is 164 Å². The highest BCUT2D eigenvalue weighted by Gasteiger charge is 2.23. The molecule has 18 heteroatoms. The molecule has 0 aliphatic rings. The van der Waals surface area contributed by atoms with Crippen LogP contribution in [0.2, 0.25) is 10.0 Å². The summed E-state index contributed by atoms with van der Waals surface area (Å²) in [6.45, 7) is 5.15. The van der Waals surface area contributed by atoms with Crippen molar-refractivity contribution in [3.8, 4) is 40.5 Å². The molecule has 0 aliphatic carbocycles. The van der Waals surface area contributed by atoms with E-state index in [-0.39, 0.29) is 51.9 Å². The maximum absolute atomic E-state index is 12.7. The zero-order chi connectivity index (χ0) is 51.3. The SMILES string of the molecule is Cc1c(COc2cc(OCc3cncc(C#N)c3)c(CC[C@@H](CO)C(=O)O)cc2Cl)cccc1-c1cccc2c1cnn2Cc1cc(OCc2cncc(C#N)c2)c(CN[C@@H](CO)C(=O)OC(C)C)cc1Cl. The first kappa shape index (κ1) is 52.3. The van der Waals surface area contributed by atoms with Gasteiger partial charge in [-0.15, -0.1) is 0 Å². The van der Waals surface area contributed by atoms with Crippen molar-refractivity contribution in [2.75, 3.05) is 13.2 Å². The summed E-state index contributed by atoms with van der Waals surface area (Å²) in [6, 6.07) is 25.4. The Bertz CT molecular complexity index is 3170. The van der Waals surface area contributed by atoms with Crippen molar-refractivity contribution in [3.63, 3.8) is 0 Å². The number of hydrogen-bond acceptors (Lipinski definition) is 14. The van der Waals surface area contributed by atoms with E-state index in [0.29, 0.717) is 66.2 Å². The van der Waals surface area contributed by atoms with Crippen molar-refractivity contribution >= 4 is 46.0 Å². The molecule has 370 valence electrons. The first-order valence-corrected chi connectivity index (χ1v) is 23.7. The number of carboxylic acid groups (broad SMARTS) is 1. The molecule has 0 bridgehead atoms. The number of aryl methyl sites for hydroxylation is 1. The number of nitrogens with one attached hydrogen (secondary N) is 1. The average Bonchev–Trinajstić information content (AvgIpc) is 3.79. The highest BCUT2D eigenvalue weighted by atomic mass is 35.5. The standard InChI is InChI=1S/C54H51Cl2N7O9/c1-32(2)72-54(68)48(28-65)61-24-41-15-46(55)42(16-50(41)69-29-36-12-34(18-57)20-59-22-36)26-63-49-9-5-8-44(45(49)25-62-63)43-7-4-6-40(33(43)3)31-71-52-17-51(70-30-37-13-35(19-58)21-60-23-37)38(14-47(52)56)10-11-39(27-64)53(66)67/h4-9,12-17,20-23,25,32,39,48,61,64-65H,10-11,24,26-31H2,1-3H3,(H,66,67)/t39-,48-/m0/s1. The fraction of sp³-hybridized carbons (Fsp3) is 0.278. The third-order valence-corrected chi connectivity index (χ3v) is 12.4. The molecule has 2 atom stereocenters. The summed E-state index contributed by atoms with van der Waals surface area (Å²) in [4.78, 5) is 32.6. The Morgan fingerprint density at radius 2 is 1.38 bits per heavy atom. The van der Waals surface area contributed by atoms with E-state index in [1.54, 1.807) is 56.6 Å². The van der Waals surface area contributed by atoms with E-state index in [1.807, 2.05) is 60.3 Å². The highest BCUT2D eigenvalue weighted by Crippen LogP contribution is 2.37. The number of rotatable bonds is 23. The van der Waals surface area contributed by atoms with E-state index in [2.05, 4.69) is 27.4 Å². The van der Waals surface area contributed by atoms with Gasteiger partial charge in [0.05, 0.1) is 59.6 Å². The van der Waals surface area contributed by atoms with Crippen LogP contribution in [0, 0.1) is 35.5 Å². The Balaban J connectivity index is 1.13. The van der Waals surface area contributed by atoms with Gasteiger partial charge in [-0.2, -0.15) is 15.6 Å². The molecule has 7 aromatic rings. The molecule has 4 aromatic carbocycles. The second kappa shape index (κ2) is 24.5. The number of hydrogen-bond donors (Lipinski definition) is 4. The second-order valence-corrected chi connectivity index (χ2v) is 18.0. The molecule has 0 unspecified atom stereocenters. The molecule has 3 aromatic heterocycles. The Morgan fingerprint density at radius 3 is 2.01 bits per heavy atom. The van der Waals surface area contributed by atoms with Gasteiger partial charge in [0, 0.05) is 64.5 Å². The number of halogens is 2. The molecule has 0 amide bonds. The van der Waals surface area contributed by atoms with Crippen LogP contribution in [0.5, 0.6) is 17.2 Å². The number of aliphatic hydroxyl groups is 2. The van der Waals surface area contributed by atoms with Gasteiger partial charge in [-0.05, 0) is 103 Å². The highest BCUT2D eigenvalue weighted by molar-refractivity contribution is 6.32. The lowest BCUT2D eigenvalue weighted by Gasteiger charge is -2.19. The number of nitrogens with zero attached hydrogens (tertiary/aromatic N) is 6. The first-order valence-electron chi connectivity index (χ1n) is 22.9. The third-order valence-electron chi connectivity index (χ3n) is 11.8. The van der Waals surface area contributed by atoms with Gasteiger partial charge in [0.25, 0.3) is 0 Å². The average molecular weight is 1010 g/mol. The summed E-state index contributed by atoms with van der Waals surface area (Å²) < 4.78 is 26.1. The Morgan fingerprint density at radius 1 is 0.736 bits per heavy atom. The van der Waals surface area contributed by atoms with E-state index in [0.717, 1.165) is 33.2 Å². The summed E-state index contributed by atoms with van der Waals surface area (Å²) in [5.74, 6) is -1.47. The van der Waals surface area contributed by atoms with Crippen LogP contribution in [-0.2, 0) is 53.7 Å². The molecule has 0 spiro atoms. The van der Waals surface area contributed by atoms with Crippen LogP contribution in [0.1, 0.15) is 70.3 Å². The number of pyridine rings is 2. The molecule has 16 nitrogen and oxygen atoms in total. The molecule has 0 radical (unpaired) electrons. The molecule has 3 heterocycles. The number of aliphatic hydroxyl groups excluding tert-OH is 2. The monoisotopic (exact) mass is 1010 g/mol. The molecular weight excluding hydrogens is 962 g/mol. The predicted molar refractivity (Wildman–Crippen MR) is 268 cm³/mol. The number of ether oxygens (including phenoxy) is 4. The van der Waals surface area contributed by atoms with E-state index in [1.165, 1.54) is 12.4 Å². The molecule has 0 fully saturated rings. The zero-order valence-corrected chi connectivity index (χ0v) is 41.2. The summed E-state index contributed by atoms with van der Waals surface area (Å²) in [5, 5.41) is 57.5. The second-order valence-electron chi connectivity index (χ2n) is 17.2. The number of benzene rings is 4. The molecule has 0 saturated carbocycles. The topological polar surface area (TPSA) is 235 Å². The molecule has 0 aliphatic heterocycles. The number of carbonyl (C=O) groups excluding carboxylic acids is 1. The van der Waals surface area contributed by atoms with Crippen LogP contribution in [0.25, 0.3) is 22.0 Å². The van der Waals surface area contributed by atoms with Crippen LogP contribution >= 0.6 is 23.2 Å². The zero-order valence-electron chi connectivity index (χ0n) is 39.6. The van der Waals surface area contributed by atoms with Crippen LogP contribution in [0.3, 0.4) is 0 Å². The first-order chi connectivity index (χ1) is 34.8. The normalized spacial score (nSPS) is 12.0. The number of carboxylic acids is 1. The van der Waals surface area contributed by atoms with Gasteiger partial charge in [0.1, 0.15) is 55.2 Å². The summed E-state index contributed by atoms with van der Waals surface area (Å²) in [5.41, 5.74) is 8.61. The Hall–Kier alpha value is -7.57. The van der Waals surface area contributed by atoms with E-state index < -0.39 is 37.1 Å². The van der Waals surface area contributed by atoms with Gasteiger partial charge in [-0.3, -0.25) is 29.6 Å². The summed E-state index contributed by atoms with van der Waals surface area (Å²) in [6.07, 6.45) is 7.97. The van der Waals surface area contributed by atoms with Crippen LogP contribution in [-0.4, -0.2) is 72.4 Å². The van der Waals surface area contributed by atoms with Crippen molar-refractivity contribution < 1.29 is 43.9 Å². The van der Waals surface area contributed by atoms with Crippen molar-refractivity contribution in [2.45, 2.75) is 78.7 Å². The van der Waals surface area contributed by atoms with Gasteiger partial charge in [-0.25, -0.2) is 0 Å². The van der Waals surface area contributed by atoms with Crippen LogP contribution in [0.4, 0.5) is 0 Å². The van der Waals surface area contributed by atoms with E-state index in [4.69, 9.17) is 47.2 Å². The summed E-state index contributed by atoms with van der Waals surface area (Å²) in [7, 11) is 0. The number of aromatic nitrogens is 4. The lowest BCUT2D eigenvalue weighted by molar-refractivity contribution is -0.151. The van der Waals surface area contributed by atoms with Gasteiger partial charge in [0.15, 0.2) is 0 Å². The minimum Gasteiger partial charge on any atom is -0.489 e. The van der Waals surface area contributed by atoms with Crippen molar-refractivity contribution in [1.82, 2.24) is 25.1 Å². The number of carbonyl (C=O) groups is 2. The fourth-order valence-electron chi connectivity index (χ4n) is 7.93. The lowest BCUT2D eigenvalue weighted by atomic mass is 9.94. The maximum atomic E-state index is 12.7. The Labute approximate surface area is 425 Å². The van der Waals surface area contributed by atoms with E-state index in [9.17, 15) is 35.4 Å². The quantitative estimate of drug-likeness (QED) is 0.0439. The van der Waals surface area contributed by atoms with Crippen LogP contribution in [0.15, 0.2) is 104 Å². The molecule has 0 saturated heterocycles. The molecular formula is C54H51Cl2N7O9. The predicted octanol–water partition coefficient (Wildman–Crippen LogP) is 8.66. The minimum absolute atomic E-state index is 0.0685. The van der Waals surface area contributed by atoms with Crippen molar-refractivity contribution in [1.29, 1.82) is 10.5 Å². The van der Waals surface area contributed by atoms with Gasteiger partial charge >= 0.3 is 11.9 Å². The number of esters is 1. The molecule has 72 heavy (non-hydrogen) atoms. The smallest absolute Gasteiger partial charge is 0.325 e. The van der Waals surface area contributed by atoms with Crippen molar-refractivity contribution in [2.24, 2.45) is 5.92 Å². The number of aliphatic carboxylic acids is 1. The fourth-order valence-corrected chi connectivity index (χ4v) is 8.42. The van der Waals surface area contributed by atoms with Crippen LogP contribution < -0.4 is 19.5 Å².